The Morgan fingerprint density at radius 2 is 2.00 bits per heavy atom. The third-order valence-electron chi connectivity index (χ3n) is 4.91. The van der Waals surface area contributed by atoms with Crippen molar-refractivity contribution in [3.63, 3.8) is 0 Å². The van der Waals surface area contributed by atoms with E-state index in [9.17, 15) is 9.18 Å². The van der Waals surface area contributed by atoms with E-state index in [1.54, 1.807) is 6.07 Å². The maximum atomic E-state index is 13.5. The highest BCUT2D eigenvalue weighted by molar-refractivity contribution is 5.91. The first kappa shape index (κ1) is 17.2. The molecule has 0 saturated heterocycles. The molecule has 27 heavy (non-hydrogen) atoms. The number of rotatable bonds is 5. The number of hydrogen-bond donors (Lipinski definition) is 2. The molecular weight excluding hydrogens is 347 g/mol. The van der Waals surface area contributed by atoms with Gasteiger partial charge in [0.25, 0.3) is 0 Å². The summed E-state index contributed by atoms with van der Waals surface area (Å²) in [5, 5.41) is 6.76. The third kappa shape index (κ3) is 3.67. The number of amides is 1. The summed E-state index contributed by atoms with van der Waals surface area (Å²) >= 11 is 0. The second-order valence-corrected chi connectivity index (χ2v) is 7.15. The molecule has 3 N–H and O–H groups in total. The molecular formula is C20H19FN4O2. The van der Waals surface area contributed by atoms with E-state index in [-0.39, 0.29) is 23.6 Å². The molecule has 1 aliphatic rings. The molecule has 1 aromatic carbocycles. The minimum atomic E-state index is -0.553. The summed E-state index contributed by atoms with van der Waals surface area (Å²) in [6.07, 6.45) is 3.89. The quantitative estimate of drug-likeness (QED) is 0.718. The minimum absolute atomic E-state index is 0.0960. The van der Waals surface area contributed by atoms with Crippen molar-refractivity contribution >= 4 is 17.6 Å². The van der Waals surface area contributed by atoms with Crippen molar-refractivity contribution in [3.8, 4) is 11.1 Å². The summed E-state index contributed by atoms with van der Waals surface area (Å²) in [5.41, 5.74) is 8.62. The molecule has 3 aromatic rings. The number of anilines is 2. The van der Waals surface area contributed by atoms with Crippen LogP contribution < -0.4 is 11.1 Å². The van der Waals surface area contributed by atoms with Crippen molar-refractivity contribution in [2.75, 3.05) is 11.1 Å². The molecule has 0 aliphatic heterocycles. The standard InChI is InChI=1S/C20H19FN4O2/c1-20(6-7-20)16-10-18(27-25-16)24-17(26)8-12-2-4-13(5-3-12)14-9-15(21)19(22)23-11-14/h2-5,9-11H,6-8H2,1H3,(H2,22,23)(H,24,26). The molecule has 0 spiro atoms. The monoisotopic (exact) mass is 366 g/mol. The first-order valence-corrected chi connectivity index (χ1v) is 8.70. The fourth-order valence-corrected chi connectivity index (χ4v) is 2.85. The van der Waals surface area contributed by atoms with Gasteiger partial charge in [0.1, 0.15) is 0 Å². The smallest absolute Gasteiger partial charge is 0.231 e. The molecule has 0 atom stereocenters. The Morgan fingerprint density at radius 1 is 1.26 bits per heavy atom. The van der Waals surface area contributed by atoms with E-state index >= 15 is 0 Å². The van der Waals surface area contributed by atoms with Crippen LogP contribution in [-0.2, 0) is 16.6 Å². The van der Waals surface area contributed by atoms with Crippen molar-refractivity contribution in [2.24, 2.45) is 0 Å². The van der Waals surface area contributed by atoms with Gasteiger partial charge in [-0.15, -0.1) is 0 Å². The second-order valence-electron chi connectivity index (χ2n) is 7.15. The van der Waals surface area contributed by atoms with E-state index in [1.807, 2.05) is 24.3 Å². The molecule has 0 radical (unpaired) electrons. The molecule has 0 unspecified atom stereocenters. The normalized spacial score (nSPS) is 14.7. The summed E-state index contributed by atoms with van der Waals surface area (Å²) in [4.78, 5) is 16.0. The second kappa shape index (κ2) is 6.50. The largest absolute Gasteiger partial charge is 0.381 e. The van der Waals surface area contributed by atoms with Crippen LogP contribution in [0.5, 0.6) is 0 Å². The average molecular weight is 366 g/mol. The van der Waals surface area contributed by atoms with Gasteiger partial charge in [-0.25, -0.2) is 9.37 Å². The summed E-state index contributed by atoms with van der Waals surface area (Å²) in [7, 11) is 0. The van der Waals surface area contributed by atoms with E-state index in [2.05, 4.69) is 22.4 Å². The van der Waals surface area contributed by atoms with Crippen LogP contribution in [0.25, 0.3) is 11.1 Å². The maximum absolute atomic E-state index is 13.5. The SMILES string of the molecule is CC1(c2cc(NC(=O)Cc3ccc(-c4cnc(N)c(F)c4)cc3)on2)CC1. The van der Waals surface area contributed by atoms with Crippen LogP contribution in [0.4, 0.5) is 16.1 Å². The highest BCUT2D eigenvalue weighted by Gasteiger charge is 2.42. The molecule has 1 amide bonds. The van der Waals surface area contributed by atoms with Gasteiger partial charge in [0.05, 0.1) is 12.1 Å². The first-order valence-electron chi connectivity index (χ1n) is 8.70. The number of halogens is 1. The first-order chi connectivity index (χ1) is 12.9. The number of aromatic nitrogens is 2. The maximum Gasteiger partial charge on any atom is 0.231 e. The van der Waals surface area contributed by atoms with Crippen LogP contribution >= 0.6 is 0 Å². The van der Waals surface area contributed by atoms with E-state index in [1.165, 1.54) is 12.3 Å². The van der Waals surface area contributed by atoms with E-state index < -0.39 is 5.82 Å². The van der Waals surface area contributed by atoms with Gasteiger partial charge in [-0.05, 0) is 30.0 Å². The van der Waals surface area contributed by atoms with E-state index in [0.29, 0.717) is 11.4 Å². The van der Waals surface area contributed by atoms with Crippen LogP contribution in [-0.4, -0.2) is 16.0 Å². The molecule has 1 fully saturated rings. The van der Waals surface area contributed by atoms with Crippen molar-refractivity contribution < 1.29 is 13.7 Å². The fourth-order valence-electron chi connectivity index (χ4n) is 2.85. The molecule has 1 aliphatic carbocycles. The van der Waals surface area contributed by atoms with Gasteiger partial charge in [-0.2, -0.15) is 0 Å². The topological polar surface area (TPSA) is 94.0 Å². The van der Waals surface area contributed by atoms with Gasteiger partial charge in [-0.1, -0.05) is 36.3 Å². The van der Waals surface area contributed by atoms with Crippen molar-refractivity contribution in [1.29, 1.82) is 0 Å². The Morgan fingerprint density at radius 3 is 2.67 bits per heavy atom. The molecule has 4 rings (SSSR count). The lowest BCUT2D eigenvalue weighted by molar-refractivity contribution is -0.115. The Hall–Kier alpha value is -3.22. The lowest BCUT2D eigenvalue weighted by Gasteiger charge is -2.05. The van der Waals surface area contributed by atoms with Gasteiger partial charge >= 0.3 is 0 Å². The zero-order valence-electron chi connectivity index (χ0n) is 14.8. The number of benzene rings is 1. The molecule has 138 valence electrons. The van der Waals surface area contributed by atoms with E-state index in [4.69, 9.17) is 10.3 Å². The highest BCUT2D eigenvalue weighted by Crippen LogP contribution is 2.47. The van der Waals surface area contributed by atoms with Crippen LogP contribution in [0.3, 0.4) is 0 Å². The van der Waals surface area contributed by atoms with Gasteiger partial charge < -0.3 is 10.3 Å². The van der Waals surface area contributed by atoms with Crippen molar-refractivity contribution in [3.05, 3.63) is 59.7 Å². The number of carbonyl (C=O) groups is 1. The lowest BCUT2D eigenvalue weighted by Crippen LogP contribution is -2.13. The number of nitrogens with two attached hydrogens (primary N) is 1. The summed E-state index contributed by atoms with van der Waals surface area (Å²) < 4.78 is 18.8. The Labute approximate surface area is 155 Å². The summed E-state index contributed by atoms with van der Waals surface area (Å²) in [6, 6.07) is 10.4. The molecule has 1 saturated carbocycles. The number of carbonyl (C=O) groups excluding carboxylic acids is 1. The van der Waals surface area contributed by atoms with Gasteiger partial charge in [0.15, 0.2) is 11.6 Å². The summed E-state index contributed by atoms with van der Waals surface area (Å²) in [5.74, 6) is -0.504. The zero-order valence-corrected chi connectivity index (χ0v) is 14.8. The Balaban J connectivity index is 1.39. The summed E-state index contributed by atoms with van der Waals surface area (Å²) in [6.45, 7) is 2.13. The van der Waals surface area contributed by atoms with Crippen molar-refractivity contribution in [1.82, 2.24) is 10.1 Å². The van der Waals surface area contributed by atoms with E-state index in [0.717, 1.165) is 29.7 Å². The predicted molar refractivity (Wildman–Crippen MR) is 99.5 cm³/mol. The van der Waals surface area contributed by atoms with Crippen LogP contribution in [0.2, 0.25) is 0 Å². The van der Waals surface area contributed by atoms with Crippen molar-refractivity contribution in [2.45, 2.75) is 31.6 Å². The Kier molecular flexibility index (Phi) is 4.14. The number of nitrogens with zero attached hydrogens (tertiary/aromatic N) is 2. The highest BCUT2D eigenvalue weighted by atomic mass is 19.1. The molecule has 7 heteroatoms. The number of nitrogen functional groups attached to an aromatic ring is 1. The number of nitrogens with one attached hydrogen (secondary N) is 1. The van der Waals surface area contributed by atoms with Gasteiger partial charge in [0.2, 0.25) is 11.8 Å². The van der Waals surface area contributed by atoms with Crippen LogP contribution in [0.15, 0.2) is 47.1 Å². The lowest BCUT2D eigenvalue weighted by atomic mass is 10.0. The number of pyridine rings is 1. The van der Waals surface area contributed by atoms with Crippen LogP contribution in [0, 0.1) is 5.82 Å². The molecule has 2 aromatic heterocycles. The zero-order chi connectivity index (χ0) is 19.0. The van der Waals surface area contributed by atoms with Crippen LogP contribution in [0.1, 0.15) is 31.0 Å². The van der Waals surface area contributed by atoms with Gasteiger partial charge in [0, 0.05) is 23.2 Å². The number of hydrogen-bond acceptors (Lipinski definition) is 5. The fraction of sp³-hybridized carbons (Fsp3) is 0.250. The predicted octanol–water partition coefficient (Wildman–Crippen LogP) is 3.69. The third-order valence-corrected chi connectivity index (χ3v) is 4.91. The van der Waals surface area contributed by atoms with Gasteiger partial charge in [-0.3, -0.25) is 10.1 Å². The minimum Gasteiger partial charge on any atom is -0.381 e. The molecule has 6 nitrogen and oxygen atoms in total. The Bertz CT molecular complexity index is 993. The molecule has 0 bridgehead atoms. The molecule has 2 heterocycles. The average Bonchev–Trinajstić information content (AvgIpc) is 3.22.